The summed E-state index contributed by atoms with van der Waals surface area (Å²) in [5.74, 6) is 0.972. The van der Waals surface area contributed by atoms with Crippen molar-refractivity contribution in [1.29, 1.82) is 0 Å². The zero-order valence-corrected chi connectivity index (χ0v) is 18.4. The Labute approximate surface area is 187 Å². The van der Waals surface area contributed by atoms with E-state index < -0.39 is 0 Å². The molecule has 0 bridgehead atoms. The van der Waals surface area contributed by atoms with Gasteiger partial charge in [0.05, 0.1) is 5.75 Å². The molecule has 31 heavy (non-hydrogen) atoms. The average molecular weight is 434 g/mol. The van der Waals surface area contributed by atoms with Crippen LogP contribution in [0, 0.1) is 0 Å². The highest BCUT2D eigenvalue weighted by atomic mass is 32.2. The smallest absolute Gasteiger partial charge is 0.234 e. The Kier molecular flexibility index (Phi) is 7.04. The summed E-state index contributed by atoms with van der Waals surface area (Å²) in [6, 6.07) is 18.0. The maximum Gasteiger partial charge on any atom is 0.234 e. The van der Waals surface area contributed by atoms with Gasteiger partial charge in [-0.25, -0.2) is 0 Å². The lowest BCUT2D eigenvalue weighted by molar-refractivity contribution is -0.113. The minimum atomic E-state index is -0.0647. The number of piperidine rings is 1. The zero-order chi connectivity index (χ0) is 21.5. The second-order valence-electron chi connectivity index (χ2n) is 7.50. The van der Waals surface area contributed by atoms with Crippen molar-refractivity contribution in [2.24, 2.45) is 0 Å². The van der Waals surface area contributed by atoms with Gasteiger partial charge in [-0.1, -0.05) is 48.2 Å². The number of carbonyl (C=O) groups is 1. The molecular formula is C24H27N5OS. The van der Waals surface area contributed by atoms with Crippen LogP contribution in [0.2, 0.25) is 0 Å². The monoisotopic (exact) mass is 433 g/mol. The van der Waals surface area contributed by atoms with Gasteiger partial charge in [-0.3, -0.25) is 9.36 Å². The first-order chi connectivity index (χ1) is 15.2. The molecular weight excluding hydrogens is 406 g/mol. The summed E-state index contributed by atoms with van der Waals surface area (Å²) in [6.45, 7) is 6.64. The van der Waals surface area contributed by atoms with Gasteiger partial charge in [0.2, 0.25) is 5.91 Å². The fourth-order valence-electron chi connectivity index (χ4n) is 3.72. The number of hydrogen-bond donors (Lipinski definition) is 1. The molecule has 0 aliphatic carbocycles. The highest BCUT2D eigenvalue weighted by Crippen LogP contribution is 2.25. The van der Waals surface area contributed by atoms with Crippen LogP contribution in [0.4, 0.5) is 11.4 Å². The molecule has 160 valence electrons. The molecule has 1 amide bonds. The van der Waals surface area contributed by atoms with Crippen LogP contribution in [0.3, 0.4) is 0 Å². The van der Waals surface area contributed by atoms with E-state index >= 15 is 0 Å². The molecule has 6 nitrogen and oxygen atoms in total. The normalized spacial score (nSPS) is 13.7. The molecule has 0 radical (unpaired) electrons. The van der Waals surface area contributed by atoms with Crippen LogP contribution in [0.15, 0.2) is 72.4 Å². The largest absolute Gasteiger partial charge is 0.372 e. The van der Waals surface area contributed by atoms with Crippen LogP contribution in [-0.2, 0) is 11.3 Å². The number of allylic oxidation sites excluding steroid dienone is 1. The van der Waals surface area contributed by atoms with Crippen molar-refractivity contribution in [3.63, 3.8) is 0 Å². The van der Waals surface area contributed by atoms with Crippen molar-refractivity contribution in [3.8, 4) is 11.4 Å². The number of aromatic nitrogens is 3. The quantitative estimate of drug-likeness (QED) is 0.406. The number of carbonyl (C=O) groups excluding carboxylic acids is 1. The van der Waals surface area contributed by atoms with Gasteiger partial charge in [0.15, 0.2) is 11.0 Å². The SMILES string of the molecule is C=CCn1c(SCC(=O)Nc2ccc(N3CCCCC3)cc2)nnc1-c1ccccc1. The summed E-state index contributed by atoms with van der Waals surface area (Å²) in [5, 5.41) is 12.3. The van der Waals surface area contributed by atoms with Gasteiger partial charge < -0.3 is 10.2 Å². The molecule has 1 N–H and O–H groups in total. The summed E-state index contributed by atoms with van der Waals surface area (Å²) >= 11 is 1.38. The highest BCUT2D eigenvalue weighted by molar-refractivity contribution is 7.99. The molecule has 1 aliphatic heterocycles. The molecule has 3 aromatic rings. The average Bonchev–Trinajstić information content (AvgIpc) is 3.22. The second kappa shape index (κ2) is 10.3. The van der Waals surface area contributed by atoms with Crippen LogP contribution >= 0.6 is 11.8 Å². The highest BCUT2D eigenvalue weighted by Gasteiger charge is 2.15. The molecule has 1 aliphatic rings. The maximum atomic E-state index is 12.5. The van der Waals surface area contributed by atoms with E-state index in [4.69, 9.17) is 0 Å². The summed E-state index contributed by atoms with van der Waals surface area (Å²) in [4.78, 5) is 14.9. The van der Waals surface area contributed by atoms with Crippen LogP contribution in [0.1, 0.15) is 19.3 Å². The van der Waals surface area contributed by atoms with Gasteiger partial charge in [-0.05, 0) is 43.5 Å². The van der Waals surface area contributed by atoms with E-state index in [2.05, 4.69) is 39.1 Å². The van der Waals surface area contributed by atoms with E-state index in [9.17, 15) is 4.79 Å². The van der Waals surface area contributed by atoms with Crippen molar-refractivity contribution in [3.05, 3.63) is 67.3 Å². The van der Waals surface area contributed by atoms with Crippen molar-refractivity contribution < 1.29 is 4.79 Å². The van der Waals surface area contributed by atoms with Gasteiger partial charge in [0, 0.05) is 36.6 Å². The Hall–Kier alpha value is -3.06. The van der Waals surface area contributed by atoms with Gasteiger partial charge in [-0.2, -0.15) is 0 Å². The molecule has 0 spiro atoms. The first kappa shape index (κ1) is 21.2. The van der Waals surface area contributed by atoms with E-state index in [0.717, 1.165) is 30.2 Å². The first-order valence-electron chi connectivity index (χ1n) is 10.6. The van der Waals surface area contributed by atoms with Crippen molar-refractivity contribution in [1.82, 2.24) is 14.8 Å². The van der Waals surface area contributed by atoms with Gasteiger partial charge >= 0.3 is 0 Å². The lowest BCUT2D eigenvalue weighted by Gasteiger charge is -2.28. The van der Waals surface area contributed by atoms with Gasteiger partial charge in [0.25, 0.3) is 0 Å². The van der Waals surface area contributed by atoms with Crippen LogP contribution in [0.5, 0.6) is 0 Å². The van der Waals surface area contributed by atoms with E-state index in [0.29, 0.717) is 11.7 Å². The third-order valence-corrected chi connectivity index (χ3v) is 6.23. The van der Waals surface area contributed by atoms with Crippen LogP contribution < -0.4 is 10.2 Å². The third kappa shape index (κ3) is 5.35. The van der Waals surface area contributed by atoms with Crippen molar-refractivity contribution >= 4 is 29.0 Å². The molecule has 7 heteroatoms. The molecule has 0 unspecified atom stereocenters. The van der Waals surface area contributed by atoms with E-state index in [1.165, 1.54) is 36.7 Å². The lowest BCUT2D eigenvalue weighted by Crippen LogP contribution is -2.29. The topological polar surface area (TPSA) is 63.1 Å². The van der Waals surface area contributed by atoms with E-state index in [1.807, 2.05) is 53.1 Å². The number of anilines is 2. The van der Waals surface area contributed by atoms with Gasteiger partial charge in [0.1, 0.15) is 0 Å². The number of amides is 1. The number of benzene rings is 2. The van der Waals surface area contributed by atoms with Crippen molar-refractivity contribution in [2.45, 2.75) is 31.0 Å². The summed E-state index contributed by atoms with van der Waals surface area (Å²) in [6.07, 6.45) is 5.62. The zero-order valence-electron chi connectivity index (χ0n) is 17.5. The maximum absolute atomic E-state index is 12.5. The minimum absolute atomic E-state index is 0.0647. The standard InChI is InChI=1S/C24H27N5OS/c1-2-15-29-23(19-9-5-3-6-10-19)26-27-24(29)31-18-22(30)25-20-11-13-21(14-12-20)28-16-7-4-8-17-28/h2-3,5-6,9-14H,1,4,7-8,15-18H2,(H,25,30). The van der Waals surface area contributed by atoms with Crippen LogP contribution in [-0.4, -0.2) is 39.5 Å². The molecule has 1 saturated heterocycles. The molecule has 1 aromatic heterocycles. The fraction of sp³-hybridized carbons (Fsp3) is 0.292. The summed E-state index contributed by atoms with van der Waals surface area (Å²) < 4.78 is 1.98. The number of thioether (sulfide) groups is 1. The predicted molar refractivity (Wildman–Crippen MR) is 128 cm³/mol. The predicted octanol–water partition coefficient (Wildman–Crippen LogP) is 4.85. The van der Waals surface area contributed by atoms with Crippen molar-refractivity contribution in [2.75, 3.05) is 29.1 Å². The van der Waals surface area contributed by atoms with E-state index in [1.54, 1.807) is 0 Å². The minimum Gasteiger partial charge on any atom is -0.372 e. The fourth-order valence-corrected chi connectivity index (χ4v) is 4.47. The number of hydrogen-bond acceptors (Lipinski definition) is 5. The number of nitrogens with one attached hydrogen (secondary N) is 1. The lowest BCUT2D eigenvalue weighted by atomic mass is 10.1. The third-order valence-electron chi connectivity index (χ3n) is 5.27. The molecule has 1 fully saturated rings. The Morgan fingerprint density at radius 2 is 1.77 bits per heavy atom. The van der Waals surface area contributed by atoms with Gasteiger partial charge in [-0.15, -0.1) is 16.8 Å². The molecule has 0 atom stereocenters. The Bertz CT molecular complexity index is 1010. The Morgan fingerprint density at radius 3 is 2.48 bits per heavy atom. The summed E-state index contributed by atoms with van der Waals surface area (Å²) in [7, 11) is 0. The first-order valence-corrected chi connectivity index (χ1v) is 11.6. The van der Waals surface area contributed by atoms with E-state index in [-0.39, 0.29) is 11.7 Å². The molecule has 2 aromatic carbocycles. The Balaban J connectivity index is 1.36. The number of nitrogens with zero attached hydrogens (tertiary/aromatic N) is 4. The number of rotatable bonds is 8. The van der Waals surface area contributed by atoms with Crippen LogP contribution in [0.25, 0.3) is 11.4 Å². The molecule has 2 heterocycles. The molecule has 4 rings (SSSR count). The second-order valence-corrected chi connectivity index (χ2v) is 8.45. The molecule has 0 saturated carbocycles. The Morgan fingerprint density at radius 1 is 1.03 bits per heavy atom. The summed E-state index contributed by atoms with van der Waals surface area (Å²) in [5.41, 5.74) is 3.02.